The van der Waals surface area contributed by atoms with E-state index in [1.807, 2.05) is 28.0 Å². The lowest BCUT2D eigenvalue weighted by atomic mass is 10.1. The molecule has 0 bridgehead atoms. The number of halogens is 12. The fourth-order valence-electron chi connectivity index (χ4n) is 13.9. The van der Waals surface area contributed by atoms with Gasteiger partial charge in [-0.25, -0.2) is 42.3 Å². The van der Waals surface area contributed by atoms with Gasteiger partial charge in [-0.1, -0.05) is 92.8 Å². The summed E-state index contributed by atoms with van der Waals surface area (Å²) in [5, 5.41) is 29.8. The van der Waals surface area contributed by atoms with E-state index in [1.165, 1.54) is 72.5 Å². The van der Waals surface area contributed by atoms with Crippen LogP contribution in [0.4, 0.5) is 40.8 Å². The smallest absolute Gasteiger partial charge is 0.328 e. The number of nitrogen functional groups attached to an aromatic ring is 4. The molecular formula is C87H86Cl8F4N18O10. The largest absolute Gasteiger partial charge is 0.482 e. The zero-order valence-corrected chi connectivity index (χ0v) is 75.5. The second-order valence-electron chi connectivity index (χ2n) is 30.5. The molecule has 10 N–H and O–H groups in total. The highest BCUT2D eigenvalue weighted by Gasteiger charge is 2.46. The van der Waals surface area contributed by atoms with Gasteiger partial charge in [0.2, 0.25) is 11.8 Å². The van der Waals surface area contributed by atoms with E-state index >= 15 is 0 Å². The topological polar surface area (TPSA) is 377 Å². The van der Waals surface area contributed by atoms with Crippen LogP contribution in [-0.2, 0) is 43.5 Å². The minimum absolute atomic E-state index is 0.0498. The van der Waals surface area contributed by atoms with Crippen molar-refractivity contribution in [1.82, 2.24) is 69.3 Å². The number of benzene rings is 4. The summed E-state index contributed by atoms with van der Waals surface area (Å²) in [6.45, 7) is 12.4. The minimum Gasteiger partial charge on any atom is -0.482 e. The summed E-state index contributed by atoms with van der Waals surface area (Å²) in [4.78, 5) is 65.1. The van der Waals surface area contributed by atoms with Crippen molar-refractivity contribution in [3.8, 4) is 67.5 Å². The number of carboxylic acids is 1. The Kier molecular flexibility index (Phi) is 30.7. The normalized spacial score (nSPS) is 17.0. The molecule has 3 fully saturated rings. The molecular weight excluding hydrogens is 1820 g/mol. The van der Waals surface area contributed by atoms with Crippen LogP contribution in [0.3, 0.4) is 0 Å². The number of pyridine rings is 4. The number of hydrogen-bond donors (Lipinski definition) is 6. The molecule has 3 aliphatic carbocycles. The van der Waals surface area contributed by atoms with Crippen LogP contribution in [0.15, 0.2) is 147 Å². The first-order valence-corrected chi connectivity index (χ1v) is 42.6. The third-order valence-corrected chi connectivity index (χ3v) is 24.1. The highest BCUT2D eigenvalue weighted by molar-refractivity contribution is 6.38. The molecule has 28 nitrogen and oxygen atoms in total. The second-order valence-corrected chi connectivity index (χ2v) is 33.6. The van der Waals surface area contributed by atoms with Crippen LogP contribution >= 0.6 is 92.8 Å². The number of hydrogen-bond acceptors (Lipinski definition) is 21. The number of nitrogens with zero attached hydrogens (tertiary/aromatic N) is 13. The Balaban J connectivity index is 0.000000154. The molecule has 0 aliphatic heterocycles. The van der Waals surface area contributed by atoms with Crippen molar-refractivity contribution in [2.45, 2.75) is 111 Å². The molecule has 0 saturated heterocycles. The standard InChI is InChI=1S/C23H24Cl2FN5O2.C23H23Cl2FN4O3.C22H22Cl2FN5O2.C19H17Cl2FN4O3/c1-12(20-17(24)4-5-18(26)21(20)25)33-19-7-13(8-28-22(19)27)15-9-29-31(11-15)10-14-6-16(14)23(32)30(2)3;1-3-32-23(31)16-6-14(16)10-30-11-15(9-29-30)13-7-19(22(27)28-8-13)33-12(2)20-17(24)4-5-18(26)21(20)25;1-11(19-16(23)3-4-17(25)20(19)24)32-18-6-12(7-28-21(18)26)14-8-29-30(10-14)9-13-5-15(13)22(31)27-2;1-9(19(27)28)26-8-12(7-25-26)11-5-15(18(23)24-6-11)29-10(2)16-13(20)3-4-14(22)17(16)21/h4-5,7-9,11-12,14,16H,6,10H2,1-3H3,(H2,27,28);4-5,7-9,11-12,14,16H,3,6,10H2,1-2H3,(H2,27,28);3-4,6-8,10-11,13,15H,5,9H2,1-2H3,(H2,26,28)(H,27,31);3-10H,1-2H3,(H2,23,24)(H,27,28)/t2*12?,14?,16-;11?,13?,15-;/m000./s1. The number of carbonyl (C=O) groups excluding carboxylic acids is 3. The number of amides is 2. The quantitative estimate of drug-likeness (QED) is 0.0151. The van der Waals surface area contributed by atoms with Crippen LogP contribution in [0.5, 0.6) is 23.0 Å². The number of nitrogens with two attached hydrogens (primary N) is 4. The van der Waals surface area contributed by atoms with E-state index in [9.17, 15) is 36.7 Å². The predicted octanol–water partition coefficient (Wildman–Crippen LogP) is 19.4. The van der Waals surface area contributed by atoms with Crippen molar-refractivity contribution in [1.29, 1.82) is 0 Å². The average molecular weight is 1900 g/mol. The zero-order valence-electron chi connectivity index (χ0n) is 69.4. The SMILES string of the molecule is CC(Oc1cc(-c2cnn(C(C)C(=O)O)c2)cnc1N)c1c(Cl)ccc(F)c1Cl.CC(Oc1cc(-c2cnn(CC3C[C@@H]3C(=O)N(C)C)c2)cnc1N)c1c(Cl)ccc(F)c1Cl.CCOC(=O)[C@H]1CC1Cn1cc(-c2cnc(N)c(OC(C)c3c(Cl)ccc(F)c3Cl)c2)cn1.CNC(=O)[C@H]1CC1Cn1cc(-c2cnc(N)c(OC(C)c3c(Cl)ccc(F)c3Cl)c2)cn1. The van der Waals surface area contributed by atoms with Crippen LogP contribution in [0.25, 0.3) is 44.5 Å². The van der Waals surface area contributed by atoms with Crippen LogP contribution < -0.4 is 47.2 Å². The maximum Gasteiger partial charge on any atom is 0.328 e. The van der Waals surface area contributed by atoms with Crippen LogP contribution in [0.2, 0.25) is 40.2 Å². The van der Waals surface area contributed by atoms with Gasteiger partial charge in [-0.2, -0.15) is 20.4 Å². The molecule has 0 radical (unpaired) electrons. The monoisotopic (exact) mass is 1900 g/mol. The summed E-state index contributed by atoms with van der Waals surface area (Å²) in [6.07, 6.45) is 20.1. The Bertz CT molecular complexity index is 6070. The fraction of sp³-hybridized carbons (Fsp3) is 0.310. The van der Waals surface area contributed by atoms with Gasteiger partial charge in [-0.05, 0) is 151 Å². The van der Waals surface area contributed by atoms with E-state index in [4.69, 9.17) is 145 Å². The summed E-state index contributed by atoms with van der Waals surface area (Å²) < 4.78 is 91.1. The van der Waals surface area contributed by atoms with Gasteiger partial charge in [0.05, 0.1) is 57.4 Å². The molecule has 2 amide bonds. The number of anilines is 4. The summed E-state index contributed by atoms with van der Waals surface area (Å²) in [6, 6.07) is 16.5. The van der Waals surface area contributed by atoms with Crippen molar-refractivity contribution in [2.24, 2.45) is 35.5 Å². The fourth-order valence-corrected chi connectivity index (χ4v) is 16.6. The van der Waals surface area contributed by atoms with Crippen molar-refractivity contribution >= 4 is 140 Å². The van der Waals surface area contributed by atoms with Gasteiger partial charge in [0.15, 0.2) is 46.3 Å². The van der Waals surface area contributed by atoms with Gasteiger partial charge in [0.1, 0.15) is 53.7 Å². The lowest BCUT2D eigenvalue weighted by molar-refractivity contribution is -0.145. The first-order valence-electron chi connectivity index (χ1n) is 39.6. The van der Waals surface area contributed by atoms with Gasteiger partial charge in [-0.15, -0.1) is 0 Å². The van der Waals surface area contributed by atoms with Crippen molar-refractivity contribution in [2.75, 3.05) is 50.7 Å². The van der Waals surface area contributed by atoms with E-state index in [-0.39, 0.29) is 107 Å². The second kappa shape index (κ2) is 41.2. The van der Waals surface area contributed by atoms with Gasteiger partial charge in [0.25, 0.3) is 0 Å². The molecule has 8 unspecified atom stereocenters. The van der Waals surface area contributed by atoms with Crippen molar-refractivity contribution < 1.29 is 65.5 Å². The summed E-state index contributed by atoms with van der Waals surface area (Å²) in [7, 11) is 5.19. The van der Waals surface area contributed by atoms with E-state index in [1.54, 1.807) is 133 Å². The maximum absolute atomic E-state index is 13.9. The molecule has 668 valence electrons. The van der Waals surface area contributed by atoms with Gasteiger partial charge in [-0.3, -0.25) is 33.1 Å². The van der Waals surface area contributed by atoms with Crippen LogP contribution in [-0.4, -0.2) is 121 Å². The Labute approximate surface area is 766 Å². The predicted molar refractivity (Wildman–Crippen MR) is 478 cm³/mol. The Morgan fingerprint density at radius 1 is 0.449 bits per heavy atom. The van der Waals surface area contributed by atoms with Crippen molar-refractivity contribution in [3.63, 3.8) is 0 Å². The average Bonchev–Trinajstić information content (AvgIpc) is 1.67. The van der Waals surface area contributed by atoms with E-state index in [0.717, 1.165) is 52.6 Å². The Morgan fingerprint density at radius 2 is 0.740 bits per heavy atom. The molecule has 3 saturated carbocycles. The molecule has 3 aliphatic rings. The van der Waals surface area contributed by atoms with E-state index in [2.05, 4.69) is 45.6 Å². The van der Waals surface area contributed by atoms with Gasteiger partial charge in [0, 0.05) is 189 Å². The number of carboxylic acid groups (broad SMARTS) is 1. The first kappa shape index (κ1) is 94.8. The number of rotatable bonds is 28. The number of aromatic nitrogens is 12. The molecule has 127 heavy (non-hydrogen) atoms. The maximum atomic E-state index is 13.9. The molecule has 4 aromatic carbocycles. The highest BCUT2D eigenvalue weighted by Crippen LogP contribution is 2.47. The van der Waals surface area contributed by atoms with E-state index < -0.39 is 59.7 Å². The Hall–Kier alpha value is -11.4. The summed E-state index contributed by atoms with van der Waals surface area (Å²) >= 11 is 49.1. The lowest BCUT2D eigenvalue weighted by Crippen LogP contribution is -2.24. The highest BCUT2D eigenvalue weighted by atomic mass is 35.5. The number of esters is 1. The summed E-state index contributed by atoms with van der Waals surface area (Å²) in [5.41, 5.74) is 31.2. The summed E-state index contributed by atoms with van der Waals surface area (Å²) in [5.74, 6) is -0.558. The molecule has 0 spiro atoms. The van der Waals surface area contributed by atoms with E-state index in [0.29, 0.717) is 91.9 Å². The first-order chi connectivity index (χ1) is 60.4. The third-order valence-electron chi connectivity index (χ3n) is 21.2. The molecule has 8 aromatic heterocycles. The molecule has 15 rings (SSSR count). The molecule has 12 aromatic rings. The number of aliphatic carboxylic acids is 1. The molecule has 40 heteroatoms. The van der Waals surface area contributed by atoms with Gasteiger partial charge < -0.3 is 61.9 Å². The third kappa shape index (κ3) is 23.0. The van der Waals surface area contributed by atoms with Crippen molar-refractivity contribution in [3.05, 3.63) is 233 Å². The number of carbonyl (C=O) groups is 4. The minimum atomic E-state index is -1.00. The lowest BCUT2D eigenvalue weighted by Gasteiger charge is -2.19. The van der Waals surface area contributed by atoms with Crippen LogP contribution in [0.1, 0.15) is 114 Å². The van der Waals surface area contributed by atoms with Gasteiger partial charge >= 0.3 is 11.9 Å². The zero-order chi connectivity index (χ0) is 91.8. The molecule has 11 atom stereocenters. The Morgan fingerprint density at radius 3 is 1.05 bits per heavy atom. The van der Waals surface area contributed by atoms with Crippen LogP contribution in [0, 0.1) is 58.8 Å². The molecule has 8 heterocycles. The number of nitrogens with one attached hydrogen (secondary N) is 1. The number of ether oxygens (including phenoxy) is 5.